The van der Waals surface area contributed by atoms with E-state index in [0.717, 1.165) is 56.1 Å². The van der Waals surface area contributed by atoms with Crippen molar-refractivity contribution >= 4 is 22.5 Å². The molecule has 0 bridgehead atoms. The van der Waals surface area contributed by atoms with Crippen molar-refractivity contribution in [1.82, 2.24) is 15.1 Å². The van der Waals surface area contributed by atoms with Gasteiger partial charge in [-0.15, -0.1) is 0 Å². The minimum atomic E-state index is -0.968. The van der Waals surface area contributed by atoms with Gasteiger partial charge in [-0.05, 0) is 56.5 Å². The molecule has 2 aromatic carbocycles. The second-order valence-electron chi connectivity index (χ2n) is 9.44. The monoisotopic (exact) mass is 468 g/mol. The first kappa shape index (κ1) is 23.8. The molecule has 0 radical (unpaired) electrons. The molecule has 178 valence electrons. The number of piperidine rings is 1. The standard InChI is InChI=1S/C26H36N4O2S/c1-20-17-29(24-9-11-25(12-10-24)33(3)32)18-21(2)30(20)26(31)27-23-13-15-28(16-14-23)19-22-7-5-4-6-8-22/h4-12,20-21,23H,13-19H2,1-3H3,(H,27,31)/t20-,21+,33?. The number of nitrogens with one attached hydrogen (secondary N) is 1. The summed E-state index contributed by atoms with van der Waals surface area (Å²) in [6, 6.07) is 19.1. The normalized spacial score (nSPS) is 23.4. The predicted octanol–water partition coefficient (Wildman–Crippen LogP) is 3.70. The molecule has 2 aliphatic heterocycles. The van der Waals surface area contributed by atoms with Crippen molar-refractivity contribution < 1.29 is 9.00 Å². The lowest BCUT2D eigenvalue weighted by Gasteiger charge is -2.46. The van der Waals surface area contributed by atoms with E-state index in [1.54, 1.807) is 6.26 Å². The van der Waals surface area contributed by atoms with Crippen molar-refractivity contribution in [3.05, 3.63) is 60.2 Å². The van der Waals surface area contributed by atoms with E-state index in [0.29, 0.717) is 0 Å². The summed E-state index contributed by atoms with van der Waals surface area (Å²) in [5, 5.41) is 3.32. The number of carbonyl (C=O) groups excluding carboxylic acids is 1. The van der Waals surface area contributed by atoms with Gasteiger partial charge in [0.2, 0.25) is 0 Å². The highest BCUT2D eigenvalue weighted by Crippen LogP contribution is 2.24. The molecule has 2 aromatic rings. The molecule has 3 atom stereocenters. The molecule has 6 nitrogen and oxygen atoms in total. The Morgan fingerprint density at radius 2 is 1.58 bits per heavy atom. The Balaban J connectivity index is 1.28. The molecule has 2 aliphatic rings. The van der Waals surface area contributed by atoms with Gasteiger partial charge in [0, 0.05) is 78.5 Å². The first-order valence-electron chi connectivity index (χ1n) is 11.9. The largest absolute Gasteiger partial charge is 0.367 e. The Hall–Kier alpha value is -2.38. The van der Waals surface area contributed by atoms with Gasteiger partial charge in [0.15, 0.2) is 0 Å². The molecule has 0 aromatic heterocycles. The van der Waals surface area contributed by atoms with Crippen LogP contribution in [0.2, 0.25) is 0 Å². The first-order chi connectivity index (χ1) is 15.9. The van der Waals surface area contributed by atoms with E-state index in [1.807, 2.05) is 29.2 Å². The Bertz CT molecular complexity index is 933. The summed E-state index contributed by atoms with van der Waals surface area (Å²) >= 11 is 0. The summed E-state index contributed by atoms with van der Waals surface area (Å²) in [7, 11) is -0.968. The van der Waals surface area contributed by atoms with Crippen molar-refractivity contribution in [2.45, 2.75) is 56.3 Å². The number of hydrogen-bond donors (Lipinski definition) is 1. The van der Waals surface area contributed by atoms with Crippen LogP contribution in [-0.4, -0.2) is 70.6 Å². The smallest absolute Gasteiger partial charge is 0.318 e. The second kappa shape index (κ2) is 10.7. The molecular weight excluding hydrogens is 432 g/mol. The highest BCUT2D eigenvalue weighted by atomic mass is 32.2. The molecule has 33 heavy (non-hydrogen) atoms. The minimum absolute atomic E-state index is 0.0629. The molecular formula is C26H36N4O2S. The molecule has 7 heteroatoms. The van der Waals surface area contributed by atoms with Gasteiger partial charge >= 0.3 is 6.03 Å². The van der Waals surface area contributed by atoms with Gasteiger partial charge in [-0.1, -0.05) is 30.3 Å². The molecule has 0 saturated carbocycles. The number of urea groups is 1. The van der Waals surface area contributed by atoms with Crippen molar-refractivity contribution in [2.24, 2.45) is 0 Å². The maximum absolute atomic E-state index is 13.2. The molecule has 2 fully saturated rings. The maximum Gasteiger partial charge on any atom is 0.318 e. The quantitative estimate of drug-likeness (QED) is 0.727. The molecule has 1 unspecified atom stereocenters. The zero-order chi connectivity index (χ0) is 23.4. The van der Waals surface area contributed by atoms with Gasteiger partial charge in [-0.25, -0.2) is 4.79 Å². The number of piperazine rings is 1. The van der Waals surface area contributed by atoms with Crippen LogP contribution in [0.5, 0.6) is 0 Å². The van der Waals surface area contributed by atoms with Crippen LogP contribution >= 0.6 is 0 Å². The molecule has 4 rings (SSSR count). The Morgan fingerprint density at radius 1 is 0.970 bits per heavy atom. The topological polar surface area (TPSA) is 55.9 Å². The number of benzene rings is 2. The van der Waals surface area contributed by atoms with E-state index in [1.165, 1.54) is 5.56 Å². The summed E-state index contributed by atoms with van der Waals surface area (Å²) in [6.45, 7) is 8.84. The SMILES string of the molecule is C[C@@H]1CN(c2ccc(S(C)=O)cc2)C[C@H](C)N1C(=O)NC1CCN(Cc2ccccc2)CC1. The molecule has 2 amide bonds. The number of hydrogen-bond acceptors (Lipinski definition) is 4. The fourth-order valence-electron chi connectivity index (χ4n) is 5.11. The van der Waals surface area contributed by atoms with Gasteiger partial charge in [-0.3, -0.25) is 9.11 Å². The highest BCUT2D eigenvalue weighted by molar-refractivity contribution is 7.84. The molecule has 1 N–H and O–H groups in total. The number of carbonyl (C=O) groups is 1. The Labute approximate surface area is 200 Å². The first-order valence-corrected chi connectivity index (χ1v) is 13.5. The van der Waals surface area contributed by atoms with E-state index in [2.05, 4.69) is 59.3 Å². The van der Waals surface area contributed by atoms with Crippen LogP contribution in [0.1, 0.15) is 32.3 Å². The van der Waals surface area contributed by atoms with Crippen molar-refractivity contribution in [1.29, 1.82) is 0 Å². The Morgan fingerprint density at radius 3 is 2.15 bits per heavy atom. The van der Waals surface area contributed by atoms with Gasteiger partial charge in [0.05, 0.1) is 0 Å². The lowest BCUT2D eigenvalue weighted by atomic mass is 10.0. The maximum atomic E-state index is 13.2. The number of nitrogens with zero attached hydrogens (tertiary/aromatic N) is 3. The highest BCUT2D eigenvalue weighted by Gasteiger charge is 2.34. The third-order valence-corrected chi connectivity index (χ3v) is 7.79. The lowest BCUT2D eigenvalue weighted by molar-refractivity contribution is 0.130. The fraction of sp³-hybridized carbons (Fsp3) is 0.500. The summed E-state index contributed by atoms with van der Waals surface area (Å²) < 4.78 is 11.7. The average molecular weight is 469 g/mol. The predicted molar refractivity (Wildman–Crippen MR) is 135 cm³/mol. The third-order valence-electron chi connectivity index (χ3n) is 6.85. The zero-order valence-electron chi connectivity index (χ0n) is 19.9. The van der Waals surface area contributed by atoms with Crippen LogP contribution in [0.25, 0.3) is 0 Å². The van der Waals surface area contributed by atoms with Crippen molar-refractivity contribution in [3.8, 4) is 0 Å². The Kier molecular flexibility index (Phi) is 7.71. The zero-order valence-corrected chi connectivity index (χ0v) is 20.8. The van der Waals surface area contributed by atoms with Crippen LogP contribution < -0.4 is 10.2 Å². The van der Waals surface area contributed by atoms with E-state index in [9.17, 15) is 9.00 Å². The molecule has 0 aliphatic carbocycles. The average Bonchev–Trinajstić information content (AvgIpc) is 2.80. The fourth-order valence-corrected chi connectivity index (χ4v) is 5.63. The third kappa shape index (κ3) is 5.95. The number of rotatable bonds is 5. The lowest BCUT2D eigenvalue weighted by Crippen LogP contribution is -2.62. The number of anilines is 1. The van der Waals surface area contributed by atoms with E-state index >= 15 is 0 Å². The van der Waals surface area contributed by atoms with Crippen LogP contribution in [0.3, 0.4) is 0 Å². The van der Waals surface area contributed by atoms with Gasteiger partial charge < -0.3 is 15.1 Å². The van der Waals surface area contributed by atoms with Crippen molar-refractivity contribution in [3.63, 3.8) is 0 Å². The summed E-state index contributed by atoms with van der Waals surface area (Å²) in [6.07, 6.45) is 3.68. The second-order valence-corrected chi connectivity index (χ2v) is 10.8. The molecule has 2 saturated heterocycles. The minimum Gasteiger partial charge on any atom is -0.367 e. The number of likely N-dealkylation sites (tertiary alicyclic amines) is 1. The molecule has 2 heterocycles. The van der Waals surface area contributed by atoms with Crippen LogP contribution in [-0.2, 0) is 17.3 Å². The molecule has 0 spiro atoms. The number of amides is 2. The van der Waals surface area contributed by atoms with E-state index in [4.69, 9.17) is 0 Å². The van der Waals surface area contributed by atoms with E-state index in [-0.39, 0.29) is 24.2 Å². The van der Waals surface area contributed by atoms with Crippen LogP contribution in [0.15, 0.2) is 59.5 Å². The summed E-state index contributed by atoms with van der Waals surface area (Å²) in [5.41, 5.74) is 2.46. The summed E-state index contributed by atoms with van der Waals surface area (Å²) in [4.78, 5) is 20.8. The summed E-state index contributed by atoms with van der Waals surface area (Å²) in [5.74, 6) is 0. The van der Waals surface area contributed by atoms with Crippen LogP contribution in [0, 0.1) is 0 Å². The van der Waals surface area contributed by atoms with Gasteiger partial charge in [0.25, 0.3) is 0 Å². The van der Waals surface area contributed by atoms with E-state index < -0.39 is 10.8 Å². The van der Waals surface area contributed by atoms with Gasteiger partial charge in [0.1, 0.15) is 0 Å². The van der Waals surface area contributed by atoms with Crippen LogP contribution in [0.4, 0.5) is 10.5 Å². The van der Waals surface area contributed by atoms with Gasteiger partial charge in [-0.2, -0.15) is 0 Å². The van der Waals surface area contributed by atoms with Crippen molar-refractivity contribution in [2.75, 3.05) is 37.3 Å².